The maximum atomic E-state index is 12.7. The lowest BCUT2D eigenvalue weighted by Crippen LogP contribution is -2.24. The molecule has 0 aromatic heterocycles. The van der Waals surface area contributed by atoms with Crippen molar-refractivity contribution in [3.63, 3.8) is 0 Å². The molecule has 0 radical (unpaired) electrons. The molecule has 6 nitrogen and oxygen atoms in total. The molecule has 0 heterocycles. The number of hydrogen-bond acceptors (Lipinski definition) is 3. The van der Waals surface area contributed by atoms with E-state index in [4.69, 9.17) is 0 Å². The molecule has 0 fully saturated rings. The summed E-state index contributed by atoms with van der Waals surface area (Å²) in [5.41, 5.74) is 3.84. The molecule has 0 bridgehead atoms. The predicted octanol–water partition coefficient (Wildman–Crippen LogP) is 7.76. The van der Waals surface area contributed by atoms with Crippen LogP contribution >= 0.6 is 0 Å². The van der Waals surface area contributed by atoms with Crippen LogP contribution in [0.2, 0.25) is 0 Å². The van der Waals surface area contributed by atoms with Crippen molar-refractivity contribution < 1.29 is 14.4 Å². The summed E-state index contributed by atoms with van der Waals surface area (Å²) in [6.45, 7) is 4.85. The number of hydrogen-bond donors (Lipinski definition) is 3. The summed E-state index contributed by atoms with van der Waals surface area (Å²) in [6, 6.07) is 21.0. The van der Waals surface area contributed by atoms with Crippen LogP contribution in [0.5, 0.6) is 0 Å². The SMILES string of the molecule is CCCCCCCCCCCNC(=O)c1ccc(NC(=O)c2ccc(NC(=O)c3cccc(C)c3)cc2)cc1. The van der Waals surface area contributed by atoms with E-state index < -0.39 is 0 Å². The van der Waals surface area contributed by atoms with Crippen LogP contribution in [0.25, 0.3) is 0 Å². The van der Waals surface area contributed by atoms with Gasteiger partial charge in [-0.3, -0.25) is 14.4 Å². The Labute approximate surface area is 232 Å². The van der Waals surface area contributed by atoms with Crippen molar-refractivity contribution >= 4 is 29.1 Å². The zero-order valence-electron chi connectivity index (χ0n) is 23.2. The summed E-state index contributed by atoms with van der Waals surface area (Å²) >= 11 is 0. The monoisotopic (exact) mass is 527 g/mol. The van der Waals surface area contributed by atoms with Gasteiger partial charge in [0.2, 0.25) is 0 Å². The molecule has 0 spiro atoms. The Bertz CT molecular complexity index is 1200. The number of carbonyl (C=O) groups excluding carboxylic acids is 3. The lowest BCUT2D eigenvalue weighted by Gasteiger charge is -2.09. The molecule has 3 rings (SSSR count). The van der Waals surface area contributed by atoms with E-state index >= 15 is 0 Å². The highest BCUT2D eigenvalue weighted by Crippen LogP contribution is 2.15. The number of unbranched alkanes of at least 4 members (excludes halogenated alkanes) is 8. The van der Waals surface area contributed by atoms with Crippen LogP contribution in [0.1, 0.15) is 101 Å². The summed E-state index contributed by atoms with van der Waals surface area (Å²) in [4.78, 5) is 37.5. The largest absolute Gasteiger partial charge is 0.352 e. The fraction of sp³-hybridized carbons (Fsp3) is 0.364. The van der Waals surface area contributed by atoms with Gasteiger partial charge in [0.15, 0.2) is 0 Å². The fourth-order valence-corrected chi connectivity index (χ4v) is 4.34. The number of amides is 3. The van der Waals surface area contributed by atoms with Crippen molar-refractivity contribution in [1.29, 1.82) is 0 Å². The minimum absolute atomic E-state index is 0.101. The molecule has 0 unspecified atom stereocenters. The van der Waals surface area contributed by atoms with E-state index in [1.54, 1.807) is 54.6 Å². The number of nitrogens with one attached hydrogen (secondary N) is 3. The van der Waals surface area contributed by atoms with Gasteiger partial charge in [-0.05, 0) is 74.0 Å². The van der Waals surface area contributed by atoms with Crippen LogP contribution in [0.4, 0.5) is 11.4 Å². The second-order valence-corrected chi connectivity index (χ2v) is 10.0. The summed E-state index contributed by atoms with van der Waals surface area (Å²) in [5, 5.41) is 8.67. The first kappa shape index (κ1) is 29.6. The van der Waals surface area contributed by atoms with Gasteiger partial charge >= 0.3 is 0 Å². The first-order valence-electron chi connectivity index (χ1n) is 14.1. The molecular weight excluding hydrogens is 486 g/mol. The van der Waals surface area contributed by atoms with Gasteiger partial charge in [0.05, 0.1) is 0 Å². The van der Waals surface area contributed by atoms with Crippen molar-refractivity contribution in [3.05, 3.63) is 95.1 Å². The molecule has 3 amide bonds. The molecule has 0 aliphatic rings. The van der Waals surface area contributed by atoms with E-state index in [2.05, 4.69) is 22.9 Å². The topological polar surface area (TPSA) is 87.3 Å². The Morgan fingerprint density at radius 3 is 1.59 bits per heavy atom. The summed E-state index contributed by atoms with van der Waals surface area (Å²) < 4.78 is 0. The minimum Gasteiger partial charge on any atom is -0.352 e. The maximum absolute atomic E-state index is 12.7. The lowest BCUT2D eigenvalue weighted by molar-refractivity contribution is 0.0951. The zero-order chi connectivity index (χ0) is 27.9. The third-order valence-corrected chi connectivity index (χ3v) is 6.66. The van der Waals surface area contributed by atoms with Crippen molar-refractivity contribution in [2.45, 2.75) is 71.6 Å². The first-order valence-corrected chi connectivity index (χ1v) is 14.1. The standard InChI is InChI=1S/C33H41N3O3/c1-3-4-5-6-7-8-9-10-11-23-34-31(37)26-15-19-29(20-16-26)35-32(38)27-17-21-30(22-18-27)36-33(39)28-14-12-13-25(2)24-28/h12-22,24H,3-11,23H2,1-2H3,(H,34,37)(H,35,38)(H,36,39). The highest BCUT2D eigenvalue weighted by atomic mass is 16.2. The lowest BCUT2D eigenvalue weighted by atomic mass is 10.1. The molecule has 0 atom stereocenters. The van der Waals surface area contributed by atoms with Gasteiger partial charge < -0.3 is 16.0 Å². The predicted molar refractivity (Wildman–Crippen MR) is 160 cm³/mol. The van der Waals surface area contributed by atoms with E-state index in [0.717, 1.165) is 18.4 Å². The molecular formula is C33H41N3O3. The van der Waals surface area contributed by atoms with Gasteiger partial charge in [0.1, 0.15) is 0 Å². The van der Waals surface area contributed by atoms with Crippen molar-refractivity contribution in [3.8, 4) is 0 Å². The van der Waals surface area contributed by atoms with Crippen LogP contribution in [0.3, 0.4) is 0 Å². The third kappa shape index (κ3) is 10.4. The number of aryl methyl sites for hydroxylation is 1. The Hall–Kier alpha value is -3.93. The molecule has 0 saturated carbocycles. The van der Waals surface area contributed by atoms with E-state index in [0.29, 0.717) is 34.6 Å². The van der Waals surface area contributed by atoms with Gasteiger partial charge in [0, 0.05) is 34.6 Å². The Morgan fingerprint density at radius 1 is 0.564 bits per heavy atom. The third-order valence-electron chi connectivity index (χ3n) is 6.66. The average molecular weight is 528 g/mol. The second kappa shape index (κ2) is 16.1. The van der Waals surface area contributed by atoms with E-state index in [1.165, 1.54) is 44.9 Å². The van der Waals surface area contributed by atoms with E-state index in [1.807, 2.05) is 25.1 Å². The van der Waals surface area contributed by atoms with E-state index in [9.17, 15) is 14.4 Å². The highest BCUT2D eigenvalue weighted by Gasteiger charge is 2.10. The van der Waals surface area contributed by atoms with Gasteiger partial charge in [-0.15, -0.1) is 0 Å². The quantitative estimate of drug-likeness (QED) is 0.177. The van der Waals surface area contributed by atoms with Gasteiger partial charge in [-0.25, -0.2) is 0 Å². The maximum Gasteiger partial charge on any atom is 0.255 e. The molecule has 0 saturated heterocycles. The van der Waals surface area contributed by atoms with Gasteiger partial charge in [-0.2, -0.15) is 0 Å². The second-order valence-electron chi connectivity index (χ2n) is 10.0. The number of benzene rings is 3. The van der Waals surface area contributed by atoms with Crippen LogP contribution in [-0.2, 0) is 0 Å². The molecule has 0 aliphatic carbocycles. The summed E-state index contributed by atoms with van der Waals surface area (Å²) in [6.07, 6.45) is 11.2. The number of anilines is 2. The molecule has 0 aliphatic heterocycles. The average Bonchev–Trinajstić information content (AvgIpc) is 2.94. The molecule has 6 heteroatoms. The van der Waals surface area contributed by atoms with Crippen LogP contribution in [-0.4, -0.2) is 24.3 Å². The minimum atomic E-state index is -0.269. The number of carbonyl (C=O) groups is 3. The Kier molecular flexibility index (Phi) is 12.2. The van der Waals surface area contributed by atoms with E-state index in [-0.39, 0.29) is 17.7 Å². The Morgan fingerprint density at radius 2 is 1.05 bits per heavy atom. The van der Waals surface area contributed by atoms with Crippen LogP contribution in [0, 0.1) is 6.92 Å². The Balaban J connectivity index is 1.38. The molecule has 206 valence electrons. The molecule has 3 aromatic carbocycles. The molecule has 3 N–H and O–H groups in total. The van der Waals surface area contributed by atoms with Crippen LogP contribution < -0.4 is 16.0 Å². The fourth-order valence-electron chi connectivity index (χ4n) is 4.34. The summed E-state index contributed by atoms with van der Waals surface area (Å²) in [5.74, 6) is -0.571. The normalized spacial score (nSPS) is 10.6. The molecule has 39 heavy (non-hydrogen) atoms. The van der Waals surface area contributed by atoms with Crippen molar-refractivity contribution in [1.82, 2.24) is 5.32 Å². The van der Waals surface area contributed by atoms with Gasteiger partial charge in [0.25, 0.3) is 17.7 Å². The number of rotatable bonds is 15. The zero-order valence-corrected chi connectivity index (χ0v) is 23.2. The van der Waals surface area contributed by atoms with Crippen molar-refractivity contribution in [2.75, 3.05) is 17.2 Å². The van der Waals surface area contributed by atoms with Gasteiger partial charge in [-0.1, -0.05) is 76.0 Å². The summed E-state index contributed by atoms with van der Waals surface area (Å²) in [7, 11) is 0. The first-order chi connectivity index (χ1) is 19.0. The highest BCUT2D eigenvalue weighted by molar-refractivity contribution is 6.06. The smallest absolute Gasteiger partial charge is 0.255 e. The van der Waals surface area contributed by atoms with Crippen molar-refractivity contribution in [2.24, 2.45) is 0 Å². The molecule has 3 aromatic rings. The van der Waals surface area contributed by atoms with Crippen LogP contribution in [0.15, 0.2) is 72.8 Å².